The fraction of sp³-hybridized carbons (Fsp3) is 0.500. The van der Waals surface area contributed by atoms with E-state index in [-0.39, 0.29) is 12.0 Å². The molecule has 1 aliphatic carbocycles. The topological polar surface area (TPSA) is 38.3 Å². The monoisotopic (exact) mass is 233 g/mol. The van der Waals surface area contributed by atoms with Gasteiger partial charge in [-0.15, -0.1) is 0 Å². The van der Waals surface area contributed by atoms with Crippen molar-refractivity contribution in [1.29, 1.82) is 0 Å². The molecule has 1 aromatic rings. The molecule has 1 atom stereocenters. The molecule has 0 radical (unpaired) electrons. The molecule has 0 heterocycles. The number of nitrogens with one attached hydrogen (secondary N) is 1. The number of ether oxygens (including phenoxy) is 1. The quantitative estimate of drug-likeness (QED) is 0.793. The number of esters is 1. The molecule has 1 fully saturated rings. The third-order valence-electron chi connectivity index (χ3n) is 3.00. The second kappa shape index (κ2) is 5.32. The third-order valence-corrected chi connectivity index (χ3v) is 3.00. The second-order valence-corrected chi connectivity index (χ2v) is 4.48. The molecule has 0 spiro atoms. The van der Waals surface area contributed by atoms with Gasteiger partial charge in [0.2, 0.25) is 0 Å². The van der Waals surface area contributed by atoms with Crippen LogP contribution in [0.2, 0.25) is 0 Å². The first-order valence-electron chi connectivity index (χ1n) is 6.20. The van der Waals surface area contributed by atoms with Crippen LogP contribution in [-0.2, 0) is 9.53 Å². The van der Waals surface area contributed by atoms with Crippen molar-refractivity contribution in [3.63, 3.8) is 0 Å². The van der Waals surface area contributed by atoms with Gasteiger partial charge in [-0.1, -0.05) is 24.3 Å². The summed E-state index contributed by atoms with van der Waals surface area (Å²) in [5.74, 6) is -0.173. The summed E-state index contributed by atoms with van der Waals surface area (Å²) in [5, 5.41) is 3.36. The Morgan fingerprint density at radius 1 is 1.47 bits per heavy atom. The molecular weight excluding hydrogens is 214 g/mol. The predicted molar refractivity (Wildman–Crippen MR) is 66.7 cm³/mol. The zero-order valence-electron chi connectivity index (χ0n) is 10.4. The maximum Gasteiger partial charge on any atom is 0.327 e. The van der Waals surface area contributed by atoms with Crippen LogP contribution in [0.25, 0.3) is 0 Å². The van der Waals surface area contributed by atoms with Crippen LogP contribution in [0, 0.1) is 6.92 Å². The van der Waals surface area contributed by atoms with Crippen LogP contribution < -0.4 is 5.32 Å². The smallest absolute Gasteiger partial charge is 0.327 e. The molecule has 0 bridgehead atoms. The predicted octanol–water partition coefficient (Wildman–Crippen LogP) is 2.35. The standard InChI is InChI=1S/C14H19NO2/c1-3-17-14(16)13(15-11-8-9-11)12-7-5-4-6-10(12)2/h4-7,11,13,15H,3,8-9H2,1-2H3. The van der Waals surface area contributed by atoms with E-state index in [9.17, 15) is 4.79 Å². The van der Waals surface area contributed by atoms with Gasteiger partial charge in [-0.05, 0) is 37.8 Å². The molecule has 3 heteroatoms. The maximum atomic E-state index is 12.0. The number of rotatable bonds is 5. The number of carbonyl (C=O) groups is 1. The second-order valence-electron chi connectivity index (χ2n) is 4.48. The summed E-state index contributed by atoms with van der Waals surface area (Å²) in [5.41, 5.74) is 2.15. The minimum atomic E-state index is -0.316. The molecule has 0 saturated heterocycles. The fourth-order valence-electron chi connectivity index (χ4n) is 1.91. The van der Waals surface area contributed by atoms with E-state index in [4.69, 9.17) is 4.74 Å². The van der Waals surface area contributed by atoms with E-state index in [1.54, 1.807) is 0 Å². The molecule has 0 aromatic heterocycles. The molecule has 2 rings (SSSR count). The lowest BCUT2D eigenvalue weighted by molar-refractivity contribution is -0.145. The first-order valence-corrected chi connectivity index (χ1v) is 6.20. The van der Waals surface area contributed by atoms with Crippen molar-refractivity contribution in [2.24, 2.45) is 0 Å². The molecule has 17 heavy (non-hydrogen) atoms. The summed E-state index contributed by atoms with van der Waals surface area (Å²) in [6.07, 6.45) is 2.31. The lowest BCUT2D eigenvalue weighted by Gasteiger charge is -2.19. The lowest BCUT2D eigenvalue weighted by atomic mass is 10.0. The average molecular weight is 233 g/mol. The lowest BCUT2D eigenvalue weighted by Crippen LogP contribution is -2.32. The van der Waals surface area contributed by atoms with Gasteiger partial charge in [-0.25, -0.2) is 4.79 Å². The third kappa shape index (κ3) is 3.07. The van der Waals surface area contributed by atoms with Gasteiger partial charge >= 0.3 is 5.97 Å². The van der Waals surface area contributed by atoms with Crippen molar-refractivity contribution < 1.29 is 9.53 Å². The Morgan fingerprint density at radius 3 is 2.76 bits per heavy atom. The number of hydrogen-bond acceptors (Lipinski definition) is 3. The van der Waals surface area contributed by atoms with E-state index in [2.05, 4.69) is 5.32 Å². The molecule has 3 nitrogen and oxygen atoms in total. The van der Waals surface area contributed by atoms with Crippen LogP contribution >= 0.6 is 0 Å². The van der Waals surface area contributed by atoms with Gasteiger partial charge in [0.25, 0.3) is 0 Å². The van der Waals surface area contributed by atoms with E-state index in [0.29, 0.717) is 12.6 Å². The minimum absolute atomic E-state index is 0.173. The van der Waals surface area contributed by atoms with Gasteiger partial charge in [0.15, 0.2) is 0 Å². The summed E-state index contributed by atoms with van der Waals surface area (Å²) in [4.78, 5) is 12.0. The first kappa shape index (κ1) is 12.1. The molecule has 1 aromatic carbocycles. The Hall–Kier alpha value is -1.35. The highest BCUT2D eigenvalue weighted by molar-refractivity contribution is 5.78. The van der Waals surface area contributed by atoms with Crippen molar-refractivity contribution in [2.45, 2.75) is 38.8 Å². The van der Waals surface area contributed by atoms with Gasteiger partial charge < -0.3 is 4.74 Å². The SMILES string of the molecule is CCOC(=O)C(NC1CC1)c1ccccc1C. The van der Waals surface area contributed by atoms with Crippen LogP contribution in [0.3, 0.4) is 0 Å². The van der Waals surface area contributed by atoms with E-state index in [1.807, 2.05) is 38.1 Å². The van der Waals surface area contributed by atoms with Crippen molar-refractivity contribution >= 4 is 5.97 Å². The number of hydrogen-bond donors (Lipinski definition) is 1. The zero-order chi connectivity index (χ0) is 12.3. The summed E-state index contributed by atoms with van der Waals surface area (Å²) in [6.45, 7) is 4.29. The van der Waals surface area contributed by atoms with Gasteiger partial charge in [-0.2, -0.15) is 0 Å². The summed E-state index contributed by atoms with van der Waals surface area (Å²) in [6, 6.07) is 8.12. The van der Waals surface area contributed by atoms with Gasteiger partial charge in [0.05, 0.1) is 6.61 Å². The fourth-order valence-corrected chi connectivity index (χ4v) is 1.91. The normalized spacial score (nSPS) is 16.6. The van der Waals surface area contributed by atoms with Crippen LogP contribution in [0.5, 0.6) is 0 Å². The Labute approximate surface area is 102 Å². The Bertz CT molecular complexity index is 399. The highest BCUT2D eigenvalue weighted by Gasteiger charge is 2.30. The number of benzene rings is 1. The zero-order valence-corrected chi connectivity index (χ0v) is 10.4. The first-order chi connectivity index (χ1) is 8.22. The highest BCUT2D eigenvalue weighted by atomic mass is 16.5. The van der Waals surface area contributed by atoms with E-state index < -0.39 is 0 Å². The maximum absolute atomic E-state index is 12.0. The van der Waals surface area contributed by atoms with Gasteiger partial charge in [-0.3, -0.25) is 5.32 Å². The number of aryl methyl sites for hydroxylation is 1. The van der Waals surface area contributed by atoms with E-state index in [1.165, 1.54) is 0 Å². The summed E-state index contributed by atoms with van der Waals surface area (Å²) >= 11 is 0. The van der Waals surface area contributed by atoms with Crippen molar-refractivity contribution in [1.82, 2.24) is 5.32 Å². The molecule has 1 saturated carbocycles. The molecular formula is C14H19NO2. The van der Waals surface area contributed by atoms with Crippen LogP contribution in [-0.4, -0.2) is 18.6 Å². The Balaban J connectivity index is 2.19. The van der Waals surface area contributed by atoms with E-state index >= 15 is 0 Å². The molecule has 1 unspecified atom stereocenters. The van der Waals surface area contributed by atoms with Crippen molar-refractivity contribution in [3.05, 3.63) is 35.4 Å². The highest BCUT2D eigenvalue weighted by Crippen LogP contribution is 2.26. The van der Waals surface area contributed by atoms with Crippen molar-refractivity contribution in [3.8, 4) is 0 Å². The van der Waals surface area contributed by atoms with Crippen LogP contribution in [0.15, 0.2) is 24.3 Å². The number of carbonyl (C=O) groups excluding carboxylic acids is 1. The molecule has 1 aliphatic rings. The van der Waals surface area contributed by atoms with Gasteiger partial charge in [0.1, 0.15) is 6.04 Å². The van der Waals surface area contributed by atoms with Crippen LogP contribution in [0.4, 0.5) is 0 Å². The van der Waals surface area contributed by atoms with Crippen molar-refractivity contribution in [2.75, 3.05) is 6.61 Å². The molecule has 0 aliphatic heterocycles. The Kier molecular flexibility index (Phi) is 3.79. The minimum Gasteiger partial charge on any atom is -0.465 e. The average Bonchev–Trinajstić information content (AvgIpc) is 3.11. The largest absolute Gasteiger partial charge is 0.465 e. The van der Waals surface area contributed by atoms with E-state index in [0.717, 1.165) is 24.0 Å². The molecule has 0 amide bonds. The molecule has 1 N–H and O–H groups in total. The summed E-state index contributed by atoms with van der Waals surface area (Å²) in [7, 11) is 0. The molecule has 92 valence electrons. The van der Waals surface area contributed by atoms with Crippen LogP contribution in [0.1, 0.15) is 36.9 Å². The summed E-state index contributed by atoms with van der Waals surface area (Å²) < 4.78 is 5.14. The Morgan fingerprint density at radius 2 is 2.18 bits per heavy atom. The van der Waals surface area contributed by atoms with Gasteiger partial charge in [0, 0.05) is 6.04 Å².